The number of anilines is 1. The van der Waals surface area contributed by atoms with E-state index in [1.54, 1.807) is 6.26 Å². The number of hydrogen-bond acceptors (Lipinski definition) is 2. The topological polar surface area (TPSA) is 29.1 Å². The summed E-state index contributed by atoms with van der Waals surface area (Å²) in [6.07, 6.45) is 1.56. The van der Waals surface area contributed by atoms with E-state index in [1.165, 1.54) is 12.1 Å². The van der Waals surface area contributed by atoms with Crippen LogP contribution >= 0.6 is 0 Å². The summed E-state index contributed by atoms with van der Waals surface area (Å²) in [4.78, 5) is 0. The molecule has 14 heavy (non-hydrogen) atoms. The largest absolute Gasteiger partial charge is 0.382 e. The van der Waals surface area contributed by atoms with Crippen LogP contribution in [-0.2, 0) is 10.8 Å². The van der Waals surface area contributed by atoms with Gasteiger partial charge in [0.25, 0.3) is 0 Å². The molecule has 78 valence electrons. The molecular weight excluding hydrogens is 208 g/mol. The number of rotatable bonds is 4. The first-order valence-corrected chi connectivity index (χ1v) is 5.82. The number of nitrogens with one attached hydrogen (secondary N) is 1. The molecule has 0 saturated carbocycles. The minimum Gasteiger partial charge on any atom is -0.382 e. The van der Waals surface area contributed by atoms with Crippen molar-refractivity contribution in [1.82, 2.24) is 0 Å². The molecule has 0 radical (unpaired) electrons. The predicted octanol–water partition coefficient (Wildman–Crippen LogP) is 1.76. The number of benzene rings is 1. The first-order valence-electron chi connectivity index (χ1n) is 4.09. The van der Waals surface area contributed by atoms with Crippen LogP contribution in [0.3, 0.4) is 0 Å². The predicted molar refractivity (Wildman–Crippen MR) is 53.8 cm³/mol. The average molecular weight is 219 g/mol. The molecule has 0 saturated heterocycles. The van der Waals surface area contributed by atoms with Crippen LogP contribution in [0.1, 0.15) is 0 Å². The third-order valence-electron chi connectivity index (χ3n) is 1.66. The summed E-state index contributed by atoms with van der Waals surface area (Å²) in [6.45, 7) is 0.365. The molecule has 1 N–H and O–H groups in total. The second-order valence-electron chi connectivity index (χ2n) is 2.81. The molecule has 1 aromatic carbocycles. The van der Waals surface area contributed by atoms with E-state index in [2.05, 4.69) is 5.32 Å². The molecule has 1 rings (SSSR count). The molecule has 0 aromatic heterocycles. The maximum atomic E-state index is 13.0. The van der Waals surface area contributed by atoms with Crippen molar-refractivity contribution < 1.29 is 13.0 Å². The van der Waals surface area contributed by atoms with Crippen LogP contribution in [0.5, 0.6) is 0 Å². The van der Waals surface area contributed by atoms with Gasteiger partial charge in [0.1, 0.15) is 0 Å². The Kier molecular flexibility index (Phi) is 4.00. The Hall–Kier alpha value is -0.970. The van der Waals surface area contributed by atoms with Crippen LogP contribution < -0.4 is 5.32 Å². The van der Waals surface area contributed by atoms with Crippen molar-refractivity contribution >= 4 is 16.5 Å². The van der Waals surface area contributed by atoms with Crippen LogP contribution in [0.2, 0.25) is 0 Å². The van der Waals surface area contributed by atoms with Gasteiger partial charge in [-0.1, -0.05) is 6.07 Å². The van der Waals surface area contributed by atoms with Gasteiger partial charge in [0.15, 0.2) is 11.6 Å². The van der Waals surface area contributed by atoms with Crippen molar-refractivity contribution in [2.75, 3.05) is 23.9 Å². The smallest absolute Gasteiger partial charge is 0.181 e. The van der Waals surface area contributed by atoms with E-state index < -0.39 is 22.4 Å². The Labute approximate surface area is 83.8 Å². The van der Waals surface area contributed by atoms with Gasteiger partial charge in [-0.3, -0.25) is 4.21 Å². The molecule has 0 fully saturated rings. The molecule has 0 bridgehead atoms. The fraction of sp³-hybridized carbons (Fsp3) is 0.333. The highest BCUT2D eigenvalue weighted by Crippen LogP contribution is 2.15. The summed E-state index contributed by atoms with van der Waals surface area (Å²) in [5.74, 6) is -1.36. The highest BCUT2D eigenvalue weighted by atomic mass is 32.2. The quantitative estimate of drug-likeness (QED) is 0.836. The normalized spacial score (nSPS) is 12.5. The lowest BCUT2D eigenvalue weighted by Gasteiger charge is -2.06. The Morgan fingerprint density at radius 3 is 2.79 bits per heavy atom. The van der Waals surface area contributed by atoms with Gasteiger partial charge in [-0.05, 0) is 12.1 Å². The van der Waals surface area contributed by atoms with Gasteiger partial charge in [0, 0.05) is 29.4 Å². The van der Waals surface area contributed by atoms with Gasteiger partial charge in [0.2, 0.25) is 0 Å². The Balaban J connectivity index is 2.59. The van der Waals surface area contributed by atoms with Gasteiger partial charge >= 0.3 is 0 Å². The molecule has 0 amide bonds. The zero-order valence-corrected chi connectivity index (χ0v) is 8.54. The minimum absolute atomic E-state index is 0.107. The third-order valence-corrected chi connectivity index (χ3v) is 2.44. The number of hydrogen-bond donors (Lipinski definition) is 1. The maximum Gasteiger partial charge on any atom is 0.181 e. The van der Waals surface area contributed by atoms with E-state index in [9.17, 15) is 13.0 Å². The van der Waals surface area contributed by atoms with Crippen LogP contribution in [0, 0.1) is 11.6 Å². The summed E-state index contributed by atoms with van der Waals surface area (Å²) in [6, 6.07) is 3.92. The molecule has 0 aliphatic rings. The molecule has 5 heteroatoms. The summed E-state index contributed by atoms with van der Waals surface area (Å²) in [5, 5.41) is 2.68. The Morgan fingerprint density at radius 2 is 2.14 bits per heavy atom. The molecular formula is C9H11F2NOS. The molecule has 0 aliphatic heterocycles. The highest BCUT2D eigenvalue weighted by molar-refractivity contribution is 7.84. The third kappa shape index (κ3) is 3.06. The van der Waals surface area contributed by atoms with Gasteiger partial charge in [-0.15, -0.1) is 0 Å². The van der Waals surface area contributed by atoms with Gasteiger partial charge in [-0.25, -0.2) is 8.78 Å². The van der Waals surface area contributed by atoms with Crippen LogP contribution in [0.4, 0.5) is 14.5 Å². The lowest BCUT2D eigenvalue weighted by molar-refractivity contribution is 0.511. The lowest BCUT2D eigenvalue weighted by Crippen LogP contribution is -2.11. The van der Waals surface area contributed by atoms with Crippen molar-refractivity contribution in [3.05, 3.63) is 29.8 Å². The molecule has 0 spiro atoms. The van der Waals surface area contributed by atoms with Crippen molar-refractivity contribution in [1.29, 1.82) is 0 Å². The minimum atomic E-state index is -0.930. The standard InChI is InChI=1S/C9H11F2NOS/c1-14(13)6-5-12-8-4-2-3-7(10)9(8)11/h2-4,12H,5-6H2,1H3. The summed E-state index contributed by atoms with van der Waals surface area (Å²) in [7, 11) is -0.930. The molecule has 1 atom stereocenters. The summed E-state index contributed by atoms with van der Waals surface area (Å²) in [5.41, 5.74) is 0.107. The van der Waals surface area contributed by atoms with E-state index in [0.29, 0.717) is 12.3 Å². The van der Waals surface area contributed by atoms with Gasteiger partial charge in [-0.2, -0.15) is 0 Å². The molecule has 0 aliphatic carbocycles. The van der Waals surface area contributed by atoms with E-state index in [-0.39, 0.29) is 5.69 Å². The lowest BCUT2D eigenvalue weighted by atomic mass is 10.3. The second kappa shape index (κ2) is 5.05. The van der Waals surface area contributed by atoms with E-state index in [0.717, 1.165) is 6.07 Å². The van der Waals surface area contributed by atoms with Crippen molar-refractivity contribution in [3.8, 4) is 0 Å². The zero-order valence-electron chi connectivity index (χ0n) is 7.72. The first-order chi connectivity index (χ1) is 6.61. The zero-order chi connectivity index (χ0) is 10.6. The van der Waals surface area contributed by atoms with E-state index in [4.69, 9.17) is 0 Å². The van der Waals surface area contributed by atoms with Gasteiger partial charge < -0.3 is 5.32 Å². The molecule has 1 aromatic rings. The van der Waals surface area contributed by atoms with Crippen LogP contribution in [0.15, 0.2) is 18.2 Å². The van der Waals surface area contributed by atoms with E-state index >= 15 is 0 Å². The monoisotopic (exact) mass is 219 g/mol. The second-order valence-corrected chi connectivity index (χ2v) is 4.36. The van der Waals surface area contributed by atoms with Crippen molar-refractivity contribution in [3.63, 3.8) is 0 Å². The van der Waals surface area contributed by atoms with E-state index in [1.807, 2.05) is 0 Å². The average Bonchev–Trinajstić information content (AvgIpc) is 2.12. The maximum absolute atomic E-state index is 13.0. The molecule has 0 heterocycles. The van der Waals surface area contributed by atoms with Crippen LogP contribution in [0.25, 0.3) is 0 Å². The molecule has 2 nitrogen and oxygen atoms in total. The van der Waals surface area contributed by atoms with Crippen molar-refractivity contribution in [2.45, 2.75) is 0 Å². The van der Waals surface area contributed by atoms with Gasteiger partial charge in [0.05, 0.1) is 5.69 Å². The van der Waals surface area contributed by atoms with Crippen molar-refractivity contribution in [2.24, 2.45) is 0 Å². The molecule has 1 unspecified atom stereocenters. The highest BCUT2D eigenvalue weighted by Gasteiger charge is 2.06. The fourth-order valence-corrected chi connectivity index (χ4v) is 1.36. The van der Waals surface area contributed by atoms with Crippen LogP contribution in [-0.4, -0.2) is 22.8 Å². The number of halogens is 2. The SMILES string of the molecule is CS(=O)CCNc1cccc(F)c1F. The Bertz CT molecular complexity index is 344. The first kappa shape index (κ1) is 11.1. The summed E-state index contributed by atoms with van der Waals surface area (Å²) < 4.78 is 36.4. The fourth-order valence-electron chi connectivity index (χ4n) is 0.970. The Morgan fingerprint density at radius 1 is 1.43 bits per heavy atom. The summed E-state index contributed by atoms with van der Waals surface area (Å²) >= 11 is 0.